The molecule has 4 N–H and O–H groups in total. The van der Waals surface area contributed by atoms with Crippen molar-refractivity contribution in [3.8, 4) is 5.75 Å². The Morgan fingerprint density at radius 1 is 0.773 bits per heavy atom. The summed E-state index contributed by atoms with van der Waals surface area (Å²) in [4.78, 5) is 75.8. The van der Waals surface area contributed by atoms with E-state index in [1.165, 1.54) is 12.0 Å². The maximum absolute atomic E-state index is 14.9. The Labute approximate surface area is 385 Å². The van der Waals surface area contributed by atoms with E-state index in [0.717, 1.165) is 40.2 Å². The molecule has 1 aliphatic heterocycles. The molecule has 3 aromatic carbocycles. The third-order valence-electron chi connectivity index (χ3n) is 11.6. The zero-order chi connectivity index (χ0) is 48.2. The number of carbonyl (C=O) groups is 5. The minimum absolute atomic E-state index is 0.0327. The van der Waals surface area contributed by atoms with Crippen LogP contribution >= 0.6 is 0 Å². The molecule has 4 aromatic rings. The molecule has 1 aromatic heterocycles. The number of nitrogens with one attached hydrogen (secondary N) is 4. The van der Waals surface area contributed by atoms with Crippen LogP contribution in [0.4, 0.5) is 8.78 Å². The molecule has 0 saturated carbocycles. The average molecular weight is 907 g/mol. The molecule has 5 rings (SSSR count). The fourth-order valence-corrected chi connectivity index (χ4v) is 7.60. The Hall–Kier alpha value is -6.90. The van der Waals surface area contributed by atoms with Gasteiger partial charge in [-0.2, -0.15) is 0 Å². The molecule has 350 valence electrons. The van der Waals surface area contributed by atoms with Gasteiger partial charge < -0.3 is 35.6 Å². The van der Waals surface area contributed by atoms with Crippen molar-refractivity contribution in [2.24, 2.45) is 11.8 Å². The smallest absolute Gasteiger partial charge is 0.246 e. The van der Waals surface area contributed by atoms with Crippen molar-refractivity contribution in [3.63, 3.8) is 0 Å². The molecule has 0 radical (unpaired) electrons. The molecule has 5 atom stereocenters. The Morgan fingerprint density at radius 3 is 2.08 bits per heavy atom. The number of fused-ring (bicyclic) bond motifs is 2. The zero-order valence-corrected chi connectivity index (χ0v) is 38.4. The van der Waals surface area contributed by atoms with Gasteiger partial charge in [0.2, 0.25) is 17.7 Å². The van der Waals surface area contributed by atoms with E-state index < -0.39 is 78.2 Å². The standard InChI is InChI=1S/C51H60F2N6O7/c1-10-37(60)26-43(45(61)28-66-48-38(52)19-15-20-39(48)53)58-49(62)44-25-35-17-11-12-18-36(35)27-59(44)51(64)47(30(4)5)55-33(8)42(24-31(6)65-9)57-50(63)46(29(2)3)54-32(7)40-23-22-34-16-13-14-21-41(34)56-40/h11-23,29-30,42-44,46-47,54-55H,6-8,10,24-28H2,1-5,9H3,(H,57,63)(H,58,62)/t42-,43?,44-,46-,47-/m0/s1. The lowest BCUT2D eigenvalue weighted by Gasteiger charge is -2.40. The lowest BCUT2D eigenvalue weighted by Crippen LogP contribution is -2.60. The number of carbonyl (C=O) groups excluding carboxylic acids is 5. The molecule has 1 aliphatic rings. The summed E-state index contributed by atoms with van der Waals surface area (Å²) >= 11 is 0. The molecule has 3 amide bonds. The second kappa shape index (κ2) is 22.8. The van der Waals surface area contributed by atoms with Gasteiger partial charge in [0.25, 0.3) is 0 Å². The van der Waals surface area contributed by atoms with Crippen LogP contribution in [0, 0.1) is 23.5 Å². The number of methoxy groups -OCH3 is 1. The van der Waals surface area contributed by atoms with Crippen LogP contribution in [-0.4, -0.2) is 83.1 Å². The number of amides is 3. The van der Waals surface area contributed by atoms with Crippen molar-refractivity contribution >= 4 is 45.9 Å². The number of hydrogen-bond donors (Lipinski definition) is 4. The fraction of sp³-hybridized carbons (Fsp3) is 0.373. The van der Waals surface area contributed by atoms with Crippen molar-refractivity contribution in [1.82, 2.24) is 31.2 Å². The van der Waals surface area contributed by atoms with E-state index in [2.05, 4.69) is 41.0 Å². The Kier molecular flexibility index (Phi) is 17.3. The second-order valence-corrected chi connectivity index (χ2v) is 17.1. The Balaban J connectivity index is 1.37. The maximum atomic E-state index is 14.9. The van der Waals surface area contributed by atoms with Crippen molar-refractivity contribution in [3.05, 3.63) is 139 Å². The number of nitrogens with zero attached hydrogens (tertiary/aromatic N) is 2. The first-order valence-electron chi connectivity index (χ1n) is 22.0. The van der Waals surface area contributed by atoms with Gasteiger partial charge in [-0.15, -0.1) is 0 Å². The Morgan fingerprint density at radius 2 is 1.42 bits per heavy atom. The Bertz CT molecular complexity index is 2450. The van der Waals surface area contributed by atoms with Gasteiger partial charge in [0.1, 0.15) is 30.5 Å². The molecule has 15 heteroatoms. The highest BCUT2D eigenvalue weighted by atomic mass is 19.1. The number of benzene rings is 3. The van der Waals surface area contributed by atoms with Gasteiger partial charge in [0, 0.05) is 43.3 Å². The molecule has 0 fully saturated rings. The third kappa shape index (κ3) is 12.7. The zero-order valence-electron chi connectivity index (χ0n) is 38.4. The van der Waals surface area contributed by atoms with Crippen LogP contribution in [0.25, 0.3) is 16.6 Å². The number of rotatable bonds is 23. The summed E-state index contributed by atoms with van der Waals surface area (Å²) in [7, 11) is 1.46. The summed E-state index contributed by atoms with van der Waals surface area (Å²) in [5, 5.41) is 13.2. The van der Waals surface area contributed by atoms with E-state index in [-0.39, 0.29) is 55.0 Å². The minimum Gasteiger partial charge on any atom is -0.502 e. The van der Waals surface area contributed by atoms with Gasteiger partial charge in [-0.3, -0.25) is 24.0 Å². The summed E-state index contributed by atoms with van der Waals surface area (Å²) in [6.07, 6.45) is -0.165. The highest BCUT2D eigenvalue weighted by Gasteiger charge is 2.40. The van der Waals surface area contributed by atoms with Crippen molar-refractivity contribution in [1.29, 1.82) is 0 Å². The minimum atomic E-state index is -1.42. The lowest BCUT2D eigenvalue weighted by atomic mass is 9.91. The summed E-state index contributed by atoms with van der Waals surface area (Å²) in [5.41, 5.74) is 3.70. The molecular formula is C51H60F2N6O7. The van der Waals surface area contributed by atoms with Gasteiger partial charge in [-0.25, -0.2) is 13.8 Å². The number of para-hydroxylation sites is 2. The third-order valence-corrected chi connectivity index (χ3v) is 11.6. The van der Waals surface area contributed by atoms with Gasteiger partial charge in [0.05, 0.1) is 41.9 Å². The largest absolute Gasteiger partial charge is 0.502 e. The highest BCUT2D eigenvalue weighted by Crippen LogP contribution is 2.27. The van der Waals surface area contributed by atoms with Gasteiger partial charge >= 0.3 is 0 Å². The summed E-state index contributed by atoms with van der Waals surface area (Å²) < 4.78 is 39.3. The van der Waals surface area contributed by atoms with Crippen LogP contribution in [-0.2, 0) is 41.7 Å². The number of Topliss-reactive ketones (excluding diaryl/α,β-unsaturated/α-hetero) is 2. The first-order valence-corrected chi connectivity index (χ1v) is 22.0. The maximum Gasteiger partial charge on any atom is 0.246 e. The second-order valence-electron chi connectivity index (χ2n) is 17.1. The number of ether oxygens (including phenoxy) is 2. The van der Waals surface area contributed by atoms with E-state index in [1.807, 2.05) is 88.4 Å². The monoisotopic (exact) mass is 906 g/mol. The van der Waals surface area contributed by atoms with E-state index >= 15 is 0 Å². The molecule has 1 unspecified atom stereocenters. The van der Waals surface area contributed by atoms with E-state index in [4.69, 9.17) is 14.5 Å². The predicted octanol–water partition coefficient (Wildman–Crippen LogP) is 6.72. The first-order chi connectivity index (χ1) is 31.4. The SMILES string of the molecule is C=C(C[C@H](NC(=O)[C@@H](NC(=C)c1ccc2ccccc2n1)C(C)C)C(=C)N[C@H](C(=O)N1Cc2ccccc2C[C@H]1C(=O)NC(CC(=O)CC)C(=O)COc1c(F)cccc1F)C(C)C)OC. The average Bonchev–Trinajstić information content (AvgIpc) is 3.30. The summed E-state index contributed by atoms with van der Waals surface area (Å²) in [6, 6.07) is 16.8. The topological polar surface area (TPSA) is 168 Å². The number of pyridine rings is 1. The molecule has 0 saturated heterocycles. The molecule has 0 bridgehead atoms. The number of halogens is 2. The molecule has 0 aliphatic carbocycles. The van der Waals surface area contributed by atoms with Crippen LogP contribution in [0.1, 0.15) is 70.7 Å². The summed E-state index contributed by atoms with van der Waals surface area (Å²) in [6.45, 7) is 20.7. The van der Waals surface area contributed by atoms with Crippen LogP contribution in [0.15, 0.2) is 110 Å². The van der Waals surface area contributed by atoms with E-state index in [9.17, 15) is 32.8 Å². The van der Waals surface area contributed by atoms with Crippen LogP contribution < -0.4 is 26.0 Å². The van der Waals surface area contributed by atoms with Crippen molar-refractivity contribution in [2.45, 2.75) is 97.1 Å². The van der Waals surface area contributed by atoms with Crippen molar-refractivity contribution < 1.29 is 42.2 Å². The summed E-state index contributed by atoms with van der Waals surface area (Å²) in [5.74, 6) is -5.77. The molecule has 0 spiro atoms. The first kappa shape index (κ1) is 50.1. The molecule has 66 heavy (non-hydrogen) atoms. The fourth-order valence-electron chi connectivity index (χ4n) is 7.60. The van der Waals surface area contributed by atoms with Gasteiger partial charge in [-0.1, -0.05) is 109 Å². The van der Waals surface area contributed by atoms with E-state index in [0.29, 0.717) is 17.2 Å². The molecule has 2 heterocycles. The van der Waals surface area contributed by atoms with Gasteiger partial charge in [-0.05, 0) is 47.2 Å². The predicted molar refractivity (Wildman–Crippen MR) is 249 cm³/mol. The number of aromatic nitrogens is 1. The molecular weight excluding hydrogens is 847 g/mol. The number of ketones is 2. The van der Waals surface area contributed by atoms with Crippen LogP contribution in [0.3, 0.4) is 0 Å². The van der Waals surface area contributed by atoms with Crippen LogP contribution in [0.5, 0.6) is 5.75 Å². The normalized spacial score (nSPS) is 15.1. The molecule has 13 nitrogen and oxygen atoms in total. The van der Waals surface area contributed by atoms with Crippen LogP contribution in [0.2, 0.25) is 0 Å². The van der Waals surface area contributed by atoms with Crippen molar-refractivity contribution in [2.75, 3.05) is 13.7 Å². The quantitative estimate of drug-likeness (QED) is 0.0587. The number of hydrogen-bond acceptors (Lipinski definition) is 10. The van der Waals surface area contributed by atoms with Gasteiger partial charge in [0.15, 0.2) is 23.2 Å². The van der Waals surface area contributed by atoms with E-state index in [1.54, 1.807) is 6.92 Å². The lowest BCUT2D eigenvalue weighted by molar-refractivity contribution is -0.145. The highest BCUT2D eigenvalue weighted by molar-refractivity contribution is 5.97.